The highest BCUT2D eigenvalue weighted by molar-refractivity contribution is 5.29. The van der Waals surface area contributed by atoms with Gasteiger partial charge in [0, 0.05) is 5.56 Å². The monoisotopic (exact) mass is 261 g/mol. The van der Waals surface area contributed by atoms with E-state index < -0.39 is 0 Å². The Morgan fingerprint density at radius 3 is 2.47 bits per heavy atom. The molecule has 0 aliphatic carbocycles. The lowest BCUT2D eigenvalue weighted by Gasteiger charge is -2.08. The Labute approximate surface area is 112 Å². The molecule has 5 nitrogen and oxygen atoms in total. The Morgan fingerprint density at radius 1 is 1.16 bits per heavy atom. The fraction of sp³-hybridized carbons (Fsp3) is 0.357. The average molecular weight is 261 g/mol. The van der Waals surface area contributed by atoms with Gasteiger partial charge in [0.1, 0.15) is 5.75 Å². The van der Waals surface area contributed by atoms with E-state index in [9.17, 15) is 0 Å². The summed E-state index contributed by atoms with van der Waals surface area (Å²) in [6.07, 6.45) is 2.58. The molecule has 0 saturated carbocycles. The summed E-state index contributed by atoms with van der Waals surface area (Å²) in [4.78, 5) is 0. The SMILES string of the molecule is COc1ccc(Cn2ncc(CCN)c2OC)cc1. The quantitative estimate of drug-likeness (QED) is 0.855. The third kappa shape index (κ3) is 3.06. The average Bonchev–Trinajstić information content (AvgIpc) is 2.82. The molecule has 0 bridgehead atoms. The predicted molar refractivity (Wildman–Crippen MR) is 73.6 cm³/mol. The van der Waals surface area contributed by atoms with Crippen LogP contribution in [-0.2, 0) is 13.0 Å². The maximum absolute atomic E-state index is 5.57. The van der Waals surface area contributed by atoms with Crippen LogP contribution in [0.4, 0.5) is 0 Å². The van der Waals surface area contributed by atoms with Crippen LogP contribution >= 0.6 is 0 Å². The largest absolute Gasteiger partial charge is 0.497 e. The van der Waals surface area contributed by atoms with E-state index in [0.717, 1.165) is 29.2 Å². The lowest BCUT2D eigenvalue weighted by Crippen LogP contribution is -2.07. The van der Waals surface area contributed by atoms with E-state index in [1.165, 1.54) is 0 Å². The Kier molecular flexibility index (Phi) is 4.41. The number of hydrogen-bond donors (Lipinski definition) is 1. The van der Waals surface area contributed by atoms with Crippen molar-refractivity contribution < 1.29 is 9.47 Å². The van der Waals surface area contributed by atoms with Crippen LogP contribution < -0.4 is 15.2 Å². The van der Waals surface area contributed by atoms with Gasteiger partial charge >= 0.3 is 0 Å². The van der Waals surface area contributed by atoms with Gasteiger partial charge in [-0.1, -0.05) is 12.1 Å². The van der Waals surface area contributed by atoms with Gasteiger partial charge in [-0.3, -0.25) is 0 Å². The number of aromatic nitrogens is 2. The fourth-order valence-electron chi connectivity index (χ4n) is 1.99. The third-order valence-electron chi connectivity index (χ3n) is 2.96. The first kappa shape index (κ1) is 13.4. The maximum atomic E-state index is 5.57. The molecule has 0 radical (unpaired) electrons. The molecule has 19 heavy (non-hydrogen) atoms. The summed E-state index contributed by atoms with van der Waals surface area (Å²) < 4.78 is 12.4. The van der Waals surface area contributed by atoms with Crippen molar-refractivity contribution >= 4 is 0 Å². The van der Waals surface area contributed by atoms with Gasteiger partial charge in [0.25, 0.3) is 0 Å². The molecule has 0 amide bonds. The van der Waals surface area contributed by atoms with Crippen molar-refractivity contribution in [2.45, 2.75) is 13.0 Å². The second kappa shape index (κ2) is 6.24. The standard InChI is InChI=1S/C14H19N3O2/c1-18-13-5-3-11(4-6-13)10-17-14(19-2)12(7-8-15)9-16-17/h3-6,9H,7-8,10,15H2,1-2H3. The number of nitrogens with zero attached hydrogens (tertiary/aromatic N) is 2. The van der Waals surface area contributed by atoms with Crippen molar-refractivity contribution in [3.8, 4) is 11.6 Å². The molecule has 0 aliphatic rings. The molecule has 0 unspecified atom stereocenters. The van der Waals surface area contributed by atoms with Crippen molar-refractivity contribution in [2.24, 2.45) is 5.73 Å². The zero-order valence-electron chi connectivity index (χ0n) is 11.3. The van der Waals surface area contributed by atoms with E-state index in [2.05, 4.69) is 5.10 Å². The third-order valence-corrected chi connectivity index (χ3v) is 2.96. The van der Waals surface area contributed by atoms with Gasteiger partial charge in [0.15, 0.2) is 0 Å². The molecule has 0 aliphatic heterocycles. The topological polar surface area (TPSA) is 62.3 Å². The summed E-state index contributed by atoms with van der Waals surface area (Å²) in [5, 5.41) is 4.35. The lowest BCUT2D eigenvalue weighted by molar-refractivity contribution is 0.362. The normalized spacial score (nSPS) is 10.5. The van der Waals surface area contributed by atoms with Crippen molar-refractivity contribution in [3.63, 3.8) is 0 Å². The molecule has 1 aromatic heterocycles. The van der Waals surface area contributed by atoms with Gasteiger partial charge in [-0.15, -0.1) is 0 Å². The van der Waals surface area contributed by atoms with E-state index in [-0.39, 0.29) is 0 Å². The van der Waals surface area contributed by atoms with Crippen LogP contribution in [0, 0.1) is 0 Å². The fourth-order valence-corrected chi connectivity index (χ4v) is 1.99. The molecule has 0 fully saturated rings. The highest BCUT2D eigenvalue weighted by Crippen LogP contribution is 2.20. The molecular formula is C14H19N3O2. The Bertz CT molecular complexity index is 520. The minimum Gasteiger partial charge on any atom is -0.497 e. The molecule has 102 valence electrons. The number of benzene rings is 1. The van der Waals surface area contributed by atoms with E-state index in [1.54, 1.807) is 14.2 Å². The van der Waals surface area contributed by atoms with Crippen molar-refractivity contribution in [1.82, 2.24) is 9.78 Å². The summed E-state index contributed by atoms with van der Waals surface area (Å²) in [7, 11) is 3.31. The molecule has 5 heteroatoms. The van der Waals surface area contributed by atoms with Crippen LogP contribution in [-0.4, -0.2) is 30.5 Å². The molecule has 1 aromatic carbocycles. The molecule has 2 rings (SSSR count). The second-order valence-electron chi connectivity index (χ2n) is 4.22. The van der Waals surface area contributed by atoms with Gasteiger partial charge in [-0.25, -0.2) is 4.68 Å². The van der Waals surface area contributed by atoms with Crippen LogP contribution in [0.5, 0.6) is 11.6 Å². The summed E-state index contributed by atoms with van der Waals surface area (Å²) in [5.41, 5.74) is 7.75. The van der Waals surface area contributed by atoms with Crippen molar-refractivity contribution in [1.29, 1.82) is 0 Å². The van der Waals surface area contributed by atoms with E-state index >= 15 is 0 Å². The second-order valence-corrected chi connectivity index (χ2v) is 4.22. The van der Waals surface area contributed by atoms with E-state index in [0.29, 0.717) is 13.1 Å². The number of methoxy groups -OCH3 is 2. The first-order valence-electron chi connectivity index (χ1n) is 6.20. The molecule has 2 aromatic rings. The molecule has 2 N–H and O–H groups in total. The van der Waals surface area contributed by atoms with Crippen LogP contribution in [0.2, 0.25) is 0 Å². The van der Waals surface area contributed by atoms with Crippen LogP contribution in [0.1, 0.15) is 11.1 Å². The predicted octanol–water partition coefficient (Wildman–Crippen LogP) is 1.45. The van der Waals surface area contributed by atoms with Crippen LogP contribution in [0.3, 0.4) is 0 Å². The molecule has 0 atom stereocenters. The number of hydrogen-bond acceptors (Lipinski definition) is 4. The van der Waals surface area contributed by atoms with Crippen molar-refractivity contribution in [3.05, 3.63) is 41.6 Å². The Balaban J connectivity index is 2.17. The van der Waals surface area contributed by atoms with Gasteiger partial charge in [-0.2, -0.15) is 5.10 Å². The number of ether oxygens (including phenoxy) is 2. The lowest BCUT2D eigenvalue weighted by atomic mass is 10.2. The first-order valence-corrected chi connectivity index (χ1v) is 6.20. The minimum atomic E-state index is 0.588. The summed E-state index contributed by atoms with van der Waals surface area (Å²) in [5.74, 6) is 1.63. The van der Waals surface area contributed by atoms with Gasteiger partial charge in [0.2, 0.25) is 5.88 Å². The number of rotatable bonds is 6. The van der Waals surface area contributed by atoms with Crippen LogP contribution in [0.15, 0.2) is 30.5 Å². The smallest absolute Gasteiger partial charge is 0.215 e. The van der Waals surface area contributed by atoms with E-state index in [4.69, 9.17) is 15.2 Å². The van der Waals surface area contributed by atoms with Gasteiger partial charge in [0.05, 0.1) is 27.0 Å². The van der Waals surface area contributed by atoms with Crippen LogP contribution in [0.25, 0.3) is 0 Å². The van der Waals surface area contributed by atoms with Crippen molar-refractivity contribution in [2.75, 3.05) is 20.8 Å². The summed E-state index contributed by atoms with van der Waals surface area (Å²) >= 11 is 0. The molecular weight excluding hydrogens is 242 g/mol. The number of nitrogens with two attached hydrogens (primary N) is 1. The Hall–Kier alpha value is -2.01. The highest BCUT2D eigenvalue weighted by Gasteiger charge is 2.10. The zero-order valence-corrected chi connectivity index (χ0v) is 11.3. The molecule has 0 saturated heterocycles. The van der Waals surface area contributed by atoms with Gasteiger partial charge < -0.3 is 15.2 Å². The zero-order chi connectivity index (χ0) is 13.7. The minimum absolute atomic E-state index is 0.588. The Morgan fingerprint density at radius 2 is 1.89 bits per heavy atom. The molecule has 0 spiro atoms. The summed E-state index contributed by atoms with van der Waals surface area (Å²) in [6, 6.07) is 7.91. The maximum Gasteiger partial charge on any atom is 0.215 e. The summed E-state index contributed by atoms with van der Waals surface area (Å²) in [6.45, 7) is 1.25. The molecule has 1 heterocycles. The van der Waals surface area contributed by atoms with E-state index in [1.807, 2.05) is 35.1 Å². The first-order chi connectivity index (χ1) is 9.28. The highest BCUT2D eigenvalue weighted by atomic mass is 16.5. The van der Waals surface area contributed by atoms with Gasteiger partial charge in [-0.05, 0) is 30.7 Å².